The molecular formula is C14H26O4. The summed E-state index contributed by atoms with van der Waals surface area (Å²) >= 11 is 0. The lowest BCUT2D eigenvalue weighted by atomic mass is 10.1. The molecule has 0 bridgehead atoms. The summed E-state index contributed by atoms with van der Waals surface area (Å²) in [7, 11) is 0. The van der Waals surface area contributed by atoms with Crippen molar-refractivity contribution in [2.24, 2.45) is 5.92 Å². The minimum Gasteiger partial charge on any atom is -0.478 e. The lowest BCUT2D eigenvalue weighted by Gasteiger charge is -2.04. The van der Waals surface area contributed by atoms with Crippen molar-refractivity contribution in [3.05, 3.63) is 12.7 Å². The highest BCUT2D eigenvalue weighted by Crippen LogP contribution is 2.07. The molecule has 0 aliphatic carbocycles. The van der Waals surface area contributed by atoms with Crippen LogP contribution in [0, 0.1) is 5.92 Å². The smallest absolute Gasteiger partial charge is 0.327 e. The minimum absolute atomic E-state index is 0.0798. The van der Waals surface area contributed by atoms with Crippen LogP contribution in [0.2, 0.25) is 0 Å². The van der Waals surface area contributed by atoms with Gasteiger partial charge < -0.3 is 9.84 Å². The normalized spacial score (nSPS) is 9.33. The Bertz CT molecular complexity index is 234. The van der Waals surface area contributed by atoms with E-state index in [1.165, 1.54) is 19.3 Å². The number of rotatable bonds is 8. The molecule has 1 N–H and O–H groups in total. The van der Waals surface area contributed by atoms with E-state index in [2.05, 4.69) is 20.4 Å². The van der Waals surface area contributed by atoms with Crippen molar-refractivity contribution in [2.75, 3.05) is 6.61 Å². The highest BCUT2D eigenvalue weighted by molar-refractivity contribution is 5.78. The summed E-state index contributed by atoms with van der Waals surface area (Å²) < 4.78 is 4.96. The number of ether oxygens (including phenoxy) is 1. The van der Waals surface area contributed by atoms with Gasteiger partial charge >= 0.3 is 11.9 Å². The van der Waals surface area contributed by atoms with Crippen LogP contribution in [-0.2, 0) is 14.3 Å². The number of aliphatic carboxylic acids is 1. The predicted octanol–water partition coefficient (Wildman–Crippen LogP) is 3.41. The van der Waals surface area contributed by atoms with Crippen LogP contribution >= 0.6 is 0 Å². The van der Waals surface area contributed by atoms with E-state index in [1.54, 1.807) is 0 Å². The molecular weight excluding hydrogens is 232 g/mol. The second-order valence-electron chi connectivity index (χ2n) is 4.36. The van der Waals surface area contributed by atoms with Crippen molar-refractivity contribution in [3.63, 3.8) is 0 Å². The molecule has 106 valence electrons. The Morgan fingerprint density at radius 1 is 1.28 bits per heavy atom. The lowest BCUT2D eigenvalue weighted by Crippen LogP contribution is -2.03. The average molecular weight is 258 g/mol. The summed E-state index contributed by atoms with van der Waals surface area (Å²) in [6, 6.07) is 0. The molecule has 0 aliphatic rings. The maximum absolute atomic E-state index is 10.7. The molecule has 0 radical (unpaired) electrons. The molecule has 0 heterocycles. The number of carboxylic acid groups (broad SMARTS) is 1. The highest BCUT2D eigenvalue weighted by atomic mass is 16.5. The Morgan fingerprint density at radius 2 is 1.83 bits per heavy atom. The fourth-order valence-corrected chi connectivity index (χ4v) is 1.12. The molecule has 0 amide bonds. The van der Waals surface area contributed by atoms with Gasteiger partial charge in [-0.25, -0.2) is 4.79 Å². The summed E-state index contributed by atoms with van der Waals surface area (Å²) in [5, 5.41) is 7.60. The third-order valence-electron chi connectivity index (χ3n) is 2.15. The van der Waals surface area contributed by atoms with E-state index < -0.39 is 5.97 Å². The third kappa shape index (κ3) is 20.1. The van der Waals surface area contributed by atoms with E-state index in [1.807, 2.05) is 6.92 Å². The standard InChI is InChI=1S/C11H22O2.C3H4O2/c1-4-11(12)13-9-7-5-6-8-10(2)3;1-2-3(4)5/h10H,4-9H2,1-3H3;2H,1H2,(H,4,5). The van der Waals surface area contributed by atoms with Crippen LogP contribution in [0.3, 0.4) is 0 Å². The molecule has 18 heavy (non-hydrogen) atoms. The van der Waals surface area contributed by atoms with E-state index in [-0.39, 0.29) is 5.97 Å². The molecule has 0 aromatic carbocycles. The number of hydrogen-bond donors (Lipinski definition) is 1. The van der Waals surface area contributed by atoms with Crippen molar-refractivity contribution >= 4 is 11.9 Å². The fraction of sp³-hybridized carbons (Fsp3) is 0.714. The molecule has 0 rings (SSSR count). The molecule has 0 fully saturated rings. The first-order chi connectivity index (χ1) is 8.43. The van der Waals surface area contributed by atoms with E-state index in [0.29, 0.717) is 13.0 Å². The molecule has 4 heteroatoms. The van der Waals surface area contributed by atoms with Crippen LogP contribution in [0.25, 0.3) is 0 Å². The summed E-state index contributed by atoms with van der Waals surface area (Å²) in [6.07, 6.45) is 6.04. The van der Waals surface area contributed by atoms with Gasteiger partial charge in [0.1, 0.15) is 0 Å². The van der Waals surface area contributed by atoms with E-state index >= 15 is 0 Å². The van der Waals surface area contributed by atoms with Gasteiger partial charge in [-0.1, -0.05) is 46.6 Å². The van der Waals surface area contributed by atoms with E-state index in [9.17, 15) is 9.59 Å². The number of hydrogen-bond acceptors (Lipinski definition) is 3. The lowest BCUT2D eigenvalue weighted by molar-refractivity contribution is -0.143. The van der Waals surface area contributed by atoms with Crippen LogP contribution in [0.1, 0.15) is 52.9 Å². The Labute approximate surface area is 110 Å². The van der Waals surface area contributed by atoms with Gasteiger partial charge in [-0.3, -0.25) is 4.79 Å². The maximum Gasteiger partial charge on any atom is 0.327 e. The molecule has 0 unspecified atom stereocenters. The van der Waals surface area contributed by atoms with Gasteiger partial charge in [0, 0.05) is 12.5 Å². The van der Waals surface area contributed by atoms with E-state index in [4.69, 9.17) is 9.84 Å². The molecule has 4 nitrogen and oxygen atoms in total. The van der Waals surface area contributed by atoms with Crippen molar-refractivity contribution in [2.45, 2.75) is 52.9 Å². The largest absolute Gasteiger partial charge is 0.478 e. The van der Waals surface area contributed by atoms with E-state index in [0.717, 1.165) is 18.4 Å². The molecule has 0 aromatic rings. The zero-order chi connectivity index (χ0) is 14.4. The van der Waals surface area contributed by atoms with Crippen LogP contribution in [0.4, 0.5) is 0 Å². The van der Waals surface area contributed by atoms with Gasteiger partial charge in [0.2, 0.25) is 0 Å². The second kappa shape index (κ2) is 13.7. The van der Waals surface area contributed by atoms with Crippen LogP contribution in [-0.4, -0.2) is 23.7 Å². The monoisotopic (exact) mass is 258 g/mol. The Balaban J connectivity index is 0. The van der Waals surface area contributed by atoms with Crippen molar-refractivity contribution in [3.8, 4) is 0 Å². The number of carbonyl (C=O) groups is 2. The molecule has 0 spiro atoms. The number of carbonyl (C=O) groups excluding carboxylic acids is 1. The first kappa shape index (κ1) is 19.0. The fourth-order valence-electron chi connectivity index (χ4n) is 1.12. The van der Waals surface area contributed by atoms with Gasteiger partial charge in [-0.15, -0.1) is 0 Å². The SMILES string of the molecule is C=CC(=O)O.CCC(=O)OCCCCCC(C)C. The third-order valence-corrected chi connectivity index (χ3v) is 2.15. The van der Waals surface area contributed by atoms with Crippen LogP contribution < -0.4 is 0 Å². The summed E-state index contributed by atoms with van der Waals surface area (Å²) in [5.74, 6) is -0.271. The molecule has 0 aromatic heterocycles. The maximum atomic E-state index is 10.7. The zero-order valence-corrected chi connectivity index (χ0v) is 11.8. The quantitative estimate of drug-likeness (QED) is 0.411. The Kier molecular flexibility index (Phi) is 14.5. The topological polar surface area (TPSA) is 63.6 Å². The minimum atomic E-state index is -0.981. The first-order valence-corrected chi connectivity index (χ1v) is 6.45. The molecule has 0 atom stereocenters. The van der Waals surface area contributed by atoms with Crippen molar-refractivity contribution in [1.29, 1.82) is 0 Å². The summed E-state index contributed by atoms with van der Waals surface area (Å²) in [6.45, 7) is 9.85. The van der Waals surface area contributed by atoms with Crippen LogP contribution in [0.15, 0.2) is 12.7 Å². The number of esters is 1. The average Bonchev–Trinajstić information content (AvgIpc) is 2.33. The van der Waals surface area contributed by atoms with Gasteiger partial charge in [-0.05, 0) is 12.3 Å². The molecule has 0 aliphatic heterocycles. The van der Waals surface area contributed by atoms with Gasteiger partial charge in [0.05, 0.1) is 6.61 Å². The number of unbranched alkanes of at least 4 members (excludes halogenated alkanes) is 2. The van der Waals surface area contributed by atoms with Gasteiger partial charge in [0.15, 0.2) is 0 Å². The van der Waals surface area contributed by atoms with Crippen molar-refractivity contribution in [1.82, 2.24) is 0 Å². The zero-order valence-electron chi connectivity index (χ0n) is 11.8. The Morgan fingerprint density at radius 3 is 2.22 bits per heavy atom. The Hall–Kier alpha value is -1.32. The highest BCUT2D eigenvalue weighted by Gasteiger charge is 1.98. The molecule has 0 saturated heterocycles. The van der Waals surface area contributed by atoms with Gasteiger partial charge in [0.25, 0.3) is 0 Å². The first-order valence-electron chi connectivity index (χ1n) is 6.45. The predicted molar refractivity (Wildman–Crippen MR) is 72.4 cm³/mol. The summed E-state index contributed by atoms with van der Waals surface area (Å²) in [4.78, 5) is 20.0. The second-order valence-corrected chi connectivity index (χ2v) is 4.36. The molecule has 0 saturated carbocycles. The van der Waals surface area contributed by atoms with Crippen LogP contribution in [0.5, 0.6) is 0 Å². The number of carboxylic acids is 1. The van der Waals surface area contributed by atoms with Crippen molar-refractivity contribution < 1.29 is 19.4 Å². The van der Waals surface area contributed by atoms with Gasteiger partial charge in [-0.2, -0.15) is 0 Å². The summed E-state index contributed by atoms with van der Waals surface area (Å²) in [5.41, 5.74) is 0.